The zero-order valence-corrected chi connectivity index (χ0v) is 10.3. The lowest BCUT2D eigenvalue weighted by Crippen LogP contribution is -2.20. The van der Waals surface area contributed by atoms with E-state index in [0.29, 0.717) is 24.0 Å². The molecule has 1 saturated carbocycles. The van der Waals surface area contributed by atoms with Crippen molar-refractivity contribution < 1.29 is 4.79 Å². The highest BCUT2D eigenvalue weighted by Gasteiger charge is 2.20. The van der Waals surface area contributed by atoms with Crippen LogP contribution in [-0.2, 0) is 4.79 Å². The molecule has 0 saturated heterocycles. The van der Waals surface area contributed by atoms with E-state index in [4.69, 9.17) is 5.73 Å². The highest BCUT2D eigenvalue weighted by Crippen LogP contribution is 2.29. The Morgan fingerprint density at radius 3 is 3.12 bits per heavy atom. The van der Waals surface area contributed by atoms with Gasteiger partial charge in [-0.3, -0.25) is 4.79 Å². The zero-order valence-electron chi connectivity index (χ0n) is 9.53. The third kappa shape index (κ3) is 3.55. The second kappa shape index (κ2) is 5.80. The Morgan fingerprint density at radius 1 is 1.65 bits per heavy atom. The number of anilines is 1. The standard InChI is InChI=1S/C12H15N3OS/c13-6-2-5-10-8-14-12(17-10)15-11(16)7-9-3-1-4-9/h8-9H,1,3-4,6-7,13H2,(H,14,15,16). The van der Waals surface area contributed by atoms with Gasteiger partial charge in [-0.1, -0.05) is 29.6 Å². The molecule has 0 radical (unpaired) electrons. The molecule has 1 aromatic rings. The summed E-state index contributed by atoms with van der Waals surface area (Å²) in [6, 6.07) is 0. The van der Waals surface area contributed by atoms with E-state index in [1.54, 1.807) is 6.20 Å². The van der Waals surface area contributed by atoms with Crippen molar-refractivity contribution in [1.29, 1.82) is 0 Å². The van der Waals surface area contributed by atoms with E-state index < -0.39 is 0 Å². The molecule has 0 aromatic carbocycles. The minimum atomic E-state index is 0.0578. The first kappa shape index (κ1) is 12.1. The fraction of sp³-hybridized carbons (Fsp3) is 0.500. The van der Waals surface area contributed by atoms with Crippen LogP contribution < -0.4 is 11.1 Å². The Bertz CT molecular complexity index is 454. The molecule has 0 bridgehead atoms. The van der Waals surface area contributed by atoms with Crippen molar-refractivity contribution in [2.75, 3.05) is 11.9 Å². The molecule has 1 heterocycles. The van der Waals surface area contributed by atoms with Gasteiger partial charge in [0, 0.05) is 6.42 Å². The largest absolute Gasteiger partial charge is 0.320 e. The summed E-state index contributed by atoms with van der Waals surface area (Å²) >= 11 is 1.38. The van der Waals surface area contributed by atoms with Crippen LogP contribution in [0.5, 0.6) is 0 Å². The van der Waals surface area contributed by atoms with Crippen LogP contribution >= 0.6 is 11.3 Å². The molecule has 0 aliphatic heterocycles. The van der Waals surface area contributed by atoms with Crippen LogP contribution in [0.25, 0.3) is 0 Å². The van der Waals surface area contributed by atoms with Gasteiger partial charge < -0.3 is 11.1 Å². The summed E-state index contributed by atoms with van der Waals surface area (Å²) in [7, 11) is 0. The molecule has 5 heteroatoms. The normalized spacial score (nSPS) is 14.6. The van der Waals surface area contributed by atoms with Gasteiger partial charge in [-0.2, -0.15) is 0 Å². The first-order valence-electron chi connectivity index (χ1n) is 5.72. The summed E-state index contributed by atoms with van der Waals surface area (Å²) in [5, 5.41) is 3.43. The zero-order chi connectivity index (χ0) is 12.1. The van der Waals surface area contributed by atoms with Crippen LogP contribution in [0.3, 0.4) is 0 Å². The summed E-state index contributed by atoms with van der Waals surface area (Å²) in [4.78, 5) is 16.6. The van der Waals surface area contributed by atoms with Crippen molar-refractivity contribution >= 4 is 22.4 Å². The van der Waals surface area contributed by atoms with Gasteiger partial charge in [-0.15, -0.1) is 0 Å². The van der Waals surface area contributed by atoms with Crippen molar-refractivity contribution in [3.63, 3.8) is 0 Å². The maximum atomic E-state index is 11.6. The van der Waals surface area contributed by atoms with Gasteiger partial charge in [-0.25, -0.2) is 4.98 Å². The molecule has 4 nitrogen and oxygen atoms in total. The average molecular weight is 249 g/mol. The maximum Gasteiger partial charge on any atom is 0.226 e. The van der Waals surface area contributed by atoms with Crippen molar-refractivity contribution in [3.8, 4) is 11.8 Å². The number of amides is 1. The number of hydrogen-bond acceptors (Lipinski definition) is 4. The van der Waals surface area contributed by atoms with E-state index in [0.717, 1.165) is 4.88 Å². The average Bonchev–Trinajstić information content (AvgIpc) is 2.68. The summed E-state index contributed by atoms with van der Waals surface area (Å²) in [6.45, 7) is 0.335. The lowest BCUT2D eigenvalue weighted by Gasteiger charge is -2.24. The molecule has 1 amide bonds. The molecule has 90 valence electrons. The van der Waals surface area contributed by atoms with Crippen LogP contribution in [-0.4, -0.2) is 17.4 Å². The Morgan fingerprint density at radius 2 is 2.47 bits per heavy atom. The first-order chi connectivity index (χ1) is 8.28. The van der Waals surface area contributed by atoms with Crippen molar-refractivity contribution in [3.05, 3.63) is 11.1 Å². The molecule has 1 fully saturated rings. The number of carbonyl (C=O) groups is 1. The molecule has 17 heavy (non-hydrogen) atoms. The highest BCUT2D eigenvalue weighted by atomic mass is 32.1. The van der Waals surface area contributed by atoms with Gasteiger partial charge in [0.1, 0.15) is 0 Å². The number of nitrogens with zero attached hydrogens (tertiary/aromatic N) is 1. The number of hydrogen-bond donors (Lipinski definition) is 2. The molecular formula is C12H15N3OS. The molecule has 1 aliphatic rings. The summed E-state index contributed by atoms with van der Waals surface area (Å²) in [6.07, 6.45) is 5.89. The highest BCUT2D eigenvalue weighted by molar-refractivity contribution is 7.16. The fourth-order valence-electron chi connectivity index (χ4n) is 1.66. The van der Waals surface area contributed by atoms with Crippen molar-refractivity contribution in [1.82, 2.24) is 4.98 Å². The number of carbonyl (C=O) groups excluding carboxylic acids is 1. The third-order valence-electron chi connectivity index (χ3n) is 2.76. The molecule has 0 unspecified atom stereocenters. The minimum Gasteiger partial charge on any atom is -0.320 e. The number of nitrogens with one attached hydrogen (secondary N) is 1. The molecule has 2 rings (SSSR count). The maximum absolute atomic E-state index is 11.6. The molecule has 1 aliphatic carbocycles. The summed E-state index contributed by atoms with van der Waals surface area (Å²) in [5.41, 5.74) is 5.28. The van der Waals surface area contributed by atoms with Crippen LogP contribution in [0, 0.1) is 17.8 Å². The molecule has 0 spiro atoms. The lowest BCUT2D eigenvalue weighted by atomic mass is 9.83. The van der Waals surface area contributed by atoms with E-state index in [9.17, 15) is 4.79 Å². The van der Waals surface area contributed by atoms with E-state index in [1.807, 2.05) is 0 Å². The van der Waals surface area contributed by atoms with Gasteiger partial charge in [-0.05, 0) is 18.8 Å². The van der Waals surface area contributed by atoms with Gasteiger partial charge in [0.2, 0.25) is 5.91 Å². The van der Waals surface area contributed by atoms with Gasteiger partial charge in [0.25, 0.3) is 0 Å². The van der Waals surface area contributed by atoms with Crippen molar-refractivity contribution in [2.24, 2.45) is 11.7 Å². The van der Waals surface area contributed by atoms with E-state index in [1.165, 1.54) is 30.6 Å². The first-order valence-corrected chi connectivity index (χ1v) is 6.54. The second-order valence-electron chi connectivity index (χ2n) is 4.08. The van der Waals surface area contributed by atoms with Crippen LogP contribution in [0.15, 0.2) is 6.20 Å². The lowest BCUT2D eigenvalue weighted by molar-refractivity contribution is -0.117. The monoisotopic (exact) mass is 249 g/mol. The summed E-state index contributed by atoms with van der Waals surface area (Å²) < 4.78 is 0. The smallest absolute Gasteiger partial charge is 0.226 e. The van der Waals surface area contributed by atoms with Crippen molar-refractivity contribution in [2.45, 2.75) is 25.7 Å². The quantitative estimate of drug-likeness (QED) is 0.799. The van der Waals surface area contributed by atoms with E-state index in [2.05, 4.69) is 22.1 Å². The number of rotatable bonds is 3. The topological polar surface area (TPSA) is 68.0 Å². The minimum absolute atomic E-state index is 0.0578. The van der Waals surface area contributed by atoms with Gasteiger partial charge >= 0.3 is 0 Å². The molecular weight excluding hydrogens is 234 g/mol. The Labute approximate surface area is 105 Å². The number of thiazole rings is 1. The number of aromatic nitrogens is 1. The van der Waals surface area contributed by atoms with Crippen LogP contribution in [0.1, 0.15) is 30.6 Å². The van der Waals surface area contributed by atoms with E-state index in [-0.39, 0.29) is 5.91 Å². The number of nitrogens with two attached hydrogens (primary N) is 1. The molecule has 1 aromatic heterocycles. The van der Waals surface area contributed by atoms with E-state index >= 15 is 0 Å². The predicted molar refractivity (Wildman–Crippen MR) is 68.6 cm³/mol. The second-order valence-corrected chi connectivity index (χ2v) is 5.12. The van der Waals surface area contributed by atoms with Crippen LogP contribution in [0.2, 0.25) is 0 Å². The Balaban J connectivity index is 1.85. The van der Waals surface area contributed by atoms with Gasteiger partial charge in [0.05, 0.1) is 17.6 Å². The summed E-state index contributed by atoms with van der Waals surface area (Å²) in [5.74, 6) is 6.28. The molecule has 3 N–H and O–H groups in total. The predicted octanol–water partition coefficient (Wildman–Crippen LogP) is 1.58. The SMILES string of the molecule is NCC#Cc1cnc(NC(=O)CC2CCC2)s1. The van der Waals surface area contributed by atoms with Crippen LogP contribution in [0.4, 0.5) is 5.13 Å². The fourth-order valence-corrected chi connectivity index (χ4v) is 2.36. The van der Waals surface area contributed by atoms with Gasteiger partial charge in [0.15, 0.2) is 5.13 Å². The Hall–Kier alpha value is -1.38. The molecule has 0 atom stereocenters. The third-order valence-corrected chi connectivity index (χ3v) is 3.59. The Kier molecular flexibility index (Phi) is 4.13.